The molecule has 0 bridgehead atoms. The van der Waals surface area contributed by atoms with Gasteiger partial charge in [-0.3, -0.25) is 9.59 Å². The van der Waals surface area contributed by atoms with Crippen molar-refractivity contribution in [2.75, 3.05) is 44.2 Å². The molecule has 0 aliphatic carbocycles. The molecule has 2 aliphatic rings. The van der Waals surface area contributed by atoms with Crippen LogP contribution in [0.25, 0.3) is 0 Å². The molecule has 2 saturated heterocycles. The fourth-order valence-corrected chi connectivity index (χ4v) is 5.65. The van der Waals surface area contributed by atoms with Crippen LogP contribution < -0.4 is 10.2 Å². The fraction of sp³-hybridized carbons (Fsp3) is 0.560. The second-order valence-corrected chi connectivity index (χ2v) is 10.5. The lowest BCUT2D eigenvalue weighted by molar-refractivity contribution is -0.129. The Balaban J connectivity index is 1.39. The number of pyridine rings is 1. The Morgan fingerprint density at radius 3 is 2.53 bits per heavy atom. The first-order chi connectivity index (χ1) is 16.3. The lowest BCUT2D eigenvalue weighted by atomic mass is 10.0. The van der Waals surface area contributed by atoms with Gasteiger partial charge in [-0.15, -0.1) is 0 Å². The average molecular weight is 485 g/mol. The molecule has 184 valence electrons. The van der Waals surface area contributed by atoms with Crippen LogP contribution in [0.3, 0.4) is 0 Å². The Morgan fingerprint density at radius 2 is 1.85 bits per heavy atom. The molecule has 4 heterocycles. The monoisotopic (exact) mass is 484 g/mol. The minimum absolute atomic E-state index is 0.0825. The van der Waals surface area contributed by atoms with Crippen molar-refractivity contribution in [2.24, 2.45) is 13.0 Å². The molecular formula is C25H36N6O2S. The summed E-state index contributed by atoms with van der Waals surface area (Å²) < 4.78 is 4.40. The highest BCUT2D eigenvalue weighted by Gasteiger charge is 2.23. The lowest BCUT2D eigenvalue weighted by Gasteiger charge is -2.35. The Labute approximate surface area is 206 Å². The number of piperidine rings is 1. The van der Waals surface area contributed by atoms with Gasteiger partial charge in [-0.05, 0) is 49.8 Å². The van der Waals surface area contributed by atoms with E-state index in [2.05, 4.69) is 33.4 Å². The SMILES string of the molecule is CC(=O)N1CCN(c2ncccc2CNC(=O)c2cc(SN3CCC(C)CC3)c(C)n2C)CC1. The predicted molar refractivity (Wildman–Crippen MR) is 136 cm³/mol. The maximum absolute atomic E-state index is 13.1. The zero-order valence-electron chi connectivity index (χ0n) is 20.7. The third-order valence-electron chi connectivity index (χ3n) is 7.02. The Hall–Kier alpha value is -2.52. The summed E-state index contributed by atoms with van der Waals surface area (Å²) in [6.07, 6.45) is 4.23. The minimum atomic E-state index is -0.0825. The minimum Gasteiger partial charge on any atom is -0.353 e. The number of rotatable bonds is 6. The van der Waals surface area contributed by atoms with Crippen LogP contribution in [0.15, 0.2) is 29.3 Å². The van der Waals surface area contributed by atoms with Crippen LogP contribution in [0.2, 0.25) is 0 Å². The molecule has 0 aromatic carbocycles. The molecule has 34 heavy (non-hydrogen) atoms. The largest absolute Gasteiger partial charge is 0.353 e. The van der Waals surface area contributed by atoms with Crippen LogP contribution in [-0.2, 0) is 18.4 Å². The molecule has 0 saturated carbocycles. The van der Waals surface area contributed by atoms with Crippen molar-refractivity contribution < 1.29 is 9.59 Å². The van der Waals surface area contributed by atoms with E-state index < -0.39 is 0 Å². The molecule has 2 amide bonds. The first-order valence-electron chi connectivity index (χ1n) is 12.1. The normalized spacial score (nSPS) is 17.8. The highest BCUT2D eigenvalue weighted by Crippen LogP contribution is 2.32. The molecule has 0 spiro atoms. The quantitative estimate of drug-likeness (QED) is 0.636. The predicted octanol–water partition coefficient (Wildman–Crippen LogP) is 3.07. The summed E-state index contributed by atoms with van der Waals surface area (Å²) in [5.74, 6) is 1.70. The Bertz CT molecular complexity index is 1020. The highest BCUT2D eigenvalue weighted by atomic mass is 32.2. The fourth-order valence-electron chi connectivity index (χ4n) is 4.55. The van der Waals surface area contributed by atoms with E-state index in [1.807, 2.05) is 34.7 Å². The molecule has 8 nitrogen and oxygen atoms in total. The summed E-state index contributed by atoms with van der Waals surface area (Å²) in [6, 6.07) is 5.92. The number of piperazine rings is 1. The number of nitrogens with one attached hydrogen (secondary N) is 1. The van der Waals surface area contributed by atoms with E-state index in [1.54, 1.807) is 25.1 Å². The molecule has 2 fully saturated rings. The third kappa shape index (κ3) is 5.58. The number of carbonyl (C=O) groups is 2. The van der Waals surface area contributed by atoms with Gasteiger partial charge in [0.2, 0.25) is 5.91 Å². The maximum atomic E-state index is 13.1. The van der Waals surface area contributed by atoms with Crippen molar-refractivity contribution in [1.82, 2.24) is 24.1 Å². The zero-order valence-corrected chi connectivity index (χ0v) is 21.5. The van der Waals surface area contributed by atoms with Crippen molar-refractivity contribution >= 4 is 29.6 Å². The number of amides is 2. The van der Waals surface area contributed by atoms with E-state index in [0.717, 1.165) is 54.1 Å². The van der Waals surface area contributed by atoms with Gasteiger partial charge in [0.25, 0.3) is 5.91 Å². The zero-order chi connectivity index (χ0) is 24.2. The van der Waals surface area contributed by atoms with Crippen LogP contribution >= 0.6 is 11.9 Å². The van der Waals surface area contributed by atoms with Crippen molar-refractivity contribution in [3.05, 3.63) is 41.3 Å². The molecule has 1 N–H and O–H groups in total. The summed E-state index contributed by atoms with van der Waals surface area (Å²) in [5.41, 5.74) is 2.76. The van der Waals surface area contributed by atoms with Crippen molar-refractivity contribution in [3.8, 4) is 0 Å². The molecule has 0 unspecified atom stereocenters. The highest BCUT2D eigenvalue weighted by molar-refractivity contribution is 7.97. The smallest absolute Gasteiger partial charge is 0.268 e. The summed E-state index contributed by atoms with van der Waals surface area (Å²) in [5, 5.41) is 3.10. The van der Waals surface area contributed by atoms with Gasteiger partial charge in [-0.25, -0.2) is 9.29 Å². The van der Waals surface area contributed by atoms with Gasteiger partial charge in [0, 0.05) is 82.1 Å². The van der Waals surface area contributed by atoms with Crippen LogP contribution in [0.1, 0.15) is 48.4 Å². The number of nitrogens with zero attached hydrogens (tertiary/aromatic N) is 5. The van der Waals surface area contributed by atoms with Crippen LogP contribution in [-0.4, -0.2) is 69.8 Å². The molecule has 2 aliphatic heterocycles. The summed E-state index contributed by atoms with van der Waals surface area (Å²) in [6.45, 7) is 11.5. The van der Waals surface area contributed by atoms with Gasteiger partial charge in [-0.1, -0.05) is 13.0 Å². The lowest BCUT2D eigenvalue weighted by Crippen LogP contribution is -2.48. The summed E-state index contributed by atoms with van der Waals surface area (Å²) >= 11 is 1.77. The van der Waals surface area contributed by atoms with E-state index in [0.29, 0.717) is 25.3 Å². The second-order valence-electron chi connectivity index (χ2n) is 9.40. The first kappa shape index (κ1) is 24.6. The van der Waals surface area contributed by atoms with Gasteiger partial charge < -0.3 is 19.7 Å². The number of hydrogen-bond donors (Lipinski definition) is 1. The van der Waals surface area contributed by atoms with E-state index in [-0.39, 0.29) is 11.8 Å². The molecule has 4 rings (SSSR count). The van der Waals surface area contributed by atoms with Gasteiger partial charge in [0.1, 0.15) is 11.5 Å². The third-order valence-corrected chi connectivity index (χ3v) is 8.26. The van der Waals surface area contributed by atoms with Crippen LogP contribution in [0.4, 0.5) is 5.82 Å². The second kappa shape index (κ2) is 10.8. The van der Waals surface area contributed by atoms with E-state index in [9.17, 15) is 9.59 Å². The van der Waals surface area contributed by atoms with Gasteiger partial charge >= 0.3 is 0 Å². The van der Waals surface area contributed by atoms with Gasteiger partial charge in [-0.2, -0.15) is 0 Å². The van der Waals surface area contributed by atoms with E-state index in [4.69, 9.17) is 0 Å². The molecule has 2 aromatic rings. The molecular weight excluding hydrogens is 448 g/mol. The first-order valence-corrected chi connectivity index (χ1v) is 12.9. The molecule has 0 atom stereocenters. The van der Waals surface area contributed by atoms with Crippen molar-refractivity contribution in [1.29, 1.82) is 0 Å². The average Bonchev–Trinajstić information content (AvgIpc) is 3.13. The van der Waals surface area contributed by atoms with Gasteiger partial charge in [0.05, 0.1) is 0 Å². The van der Waals surface area contributed by atoms with Crippen LogP contribution in [0, 0.1) is 12.8 Å². The molecule has 9 heteroatoms. The van der Waals surface area contributed by atoms with Crippen LogP contribution in [0.5, 0.6) is 0 Å². The number of aromatic nitrogens is 2. The van der Waals surface area contributed by atoms with E-state index >= 15 is 0 Å². The summed E-state index contributed by atoms with van der Waals surface area (Å²) in [4.78, 5) is 34.5. The van der Waals surface area contributed by atoms with Crippen molar-refractivity contribution in [2.45, 2.75) is 45.1 Å². The van der Waals surface area contributed by atoms with Gasteiger partial charge in [0.15, 0.2) is 0 Å². The topological polar surface area (TPSA) is 73.7 Å². The van der Waals surface area contributed by atoms with E-state index in [1.165, 1.54) is 12.8 Å². The number of carbonyl (C=O) groups excluding carboxylic acids is 2. The maximum Gasteiger partial charge on any atom is 0.268 e. The Morgan fingerprint density at radius 1 is 1.15 bits per heavy atom. The molecule has 0 radical (unpaired) electrons. The summed E-state index contributed by atoms with van der Waals surface area (Å²) in [7, 11) is 1.95. The standard InChI is InChI=1S/C25H36N6O2S/c1-18-7-10-31(11-8-18)34-23-16-22(28(4)19(23)2)25(33)27-17-21-6-5-9-26-24(21)30-14-12-29(13-15-30)20(3)32/h5-6,9,16,18H,7-8,10-15,17H2,1-4H3,(H,27,33). The number of hydrogen-bond acceptors (Lipinski definition) is 6. The molecule has 2 aromatic heterocycles. The Kier molecular flexibility index (Phi) is 7.83. The number of anilines is 1. The van der Waals surface area contributed by atoms with Crippen molar-refractivity contribution in [3.63, 3.8) is 0 Å².